The van der Waals surface area contributed by atoms with Crippen LogP contribution in [0, 0.1) is 0 Å². The van der Waals surface area contributed by atoms with Crippen LogP contribution >= 0.6 is 0 Å². The molecule has 1 aromatic heterocycles. The number of aromatic nitrogens is 2. The van der Waals surface area contributed by atoms with Crippen LogP contribution in [0.25, 0.3) is 0 Å². The summed E-state index contributed by atoms with van der Waals surface area (Å²) in [5.41, 5.74) is 5.64. The Morgan fingerprint density at radius 1 is 1.47 bits per heavy atom. The molecule has 1 aromatic rings. The molecule has 0 bridgehead atoms. The predicted octanol–water partition coefficient (Wildman–Crippen LogP) is 0.972. The van der Waals surface area contributed by atoms with Gasteiger partial charge in [0.05, 0.1) is 5.56 Å². The van der Waals surface area contributed by atoms with Crippen LogP contribution in [0.5, 0.6) is 0 Å². The SMILES string of the molecule is CNc1ncc(C(N)=O)c(NC2CCCC2)n1. The lowest BCUT2D eigenvalue weighted by molar-refractivity contribution is 0.100. The van der Waals surface area contributed by atoms with Crippen molar-refractivity contribution in [3.05, 3.63) is 11.8 Å². The van der Waals surface area contributed by atoms with Crippen molar-refractivity contribution in [3.63, 3.8) is 0 Å². The molecule has 1 saturated carbocycles. The van der Waals surface area contributed by atoms with Gasteiger partial charge in [-0.05, 0) is 12.8 Å². The fraction of sp³-hybridized carbons (Fsp3) is 0.545. The highest BCUT2D eigenvalue weighted by molar-refractivity contribution is 5.97. The van der Waals surface area contributed by atoms with E-state index in [1.54, 1.807) is 7.05 Å². The summed E-state index contributed by atoms with van der Waals surface area (Å²) in [5, 5.41) is 6.12. The monoisotopic (exact) mass is 235 g/mol. The molecule has 2 rings (SSSR count). The van der Waals surface area contributed by atoms with Gasteiger partial charge in [0.1, 0.15) is 5.82 Å². The fourth-order valence-corrected chi connectivity index (χ4v) is 2.06. The topological polar surface area (TPSA) is 92.9 Å². The van der Waals surface area contributed by atoms with Gasteiger partial charge in [-0.15, -0.1) is 0 Å². The molecule has 0 aromatic carbocycles. The van der Waals surface area contributed by atoms with Crippen LogP contribution in [-0.4, -0.2) is 29.0 Å². The van der Waals surface area contributed by atoms with Gasteiger partial charge in [-0.1, -0.05) is 12.8 Å². The lowest BCUT2D eigenvalue weighted by Crippen LogP contribution is -2.21. The Morgan fingerprint density at radius 2 is 2.18 bits per heavy atom. The van der Waals surface area contributed by atoms with E-state index < -0.39 is 5.91 Å². The lowest BCUT2D eigenvalue weighted by atomic mass is 10.2. The molecular weight excluding hydrogens is 218 g/mol. The molecule has 6 nitrogen and oxygen atoms in total. The van der Waals surface area contributed by atoms with Crippen molar-refractivity contribution in [1.29, 1.82) is 0 Å². The Kier molecular flexibility index (Phi) is 3.41. The number of primary amides is 1. The molecule has 0 aliphatic heterocycles. The molecule has 1 aliphatic carbocycles. The highest BCUT2D eigenvalue weighted by atomic mass is 16.1. The molecule has 1 amide bonds. The van der Waals surface area contributed by atoms with E-state index in [0.717, 1.165) is 12.8 Å². The van der Waals surface area contributed by atoms with Gasteiger partial charge in [-0.2, -0.15) is 4.98 Å². The largest absolute Gasteiger partial charge is 0.367 e. The number of rotatable bonds is 4. The Bertz CT molecular complexity index is 414. The molecule has 1 heterocycles. The summed E-state index contributed by atoms with van der Waals surface area (Å²) in [7, 11) is 1.73. The van der Waals surface area contributed by atoms with E-state index in [-0.39, 0.29) is 0 Å². The number of nitrogens with zero attached hydrogens (tertiary/aromatic N) is 2. The zero-order valence-electron chi connectivity index (χ0n) is 9.86. The summed E-state index contributed by atoms with van der Waals surface area (Å²) < 4.78 is 0. The minimum Gasteiger partial charge on any atom is -0.367 e. The smallest absolute Gasteiger partial charge is 0.254 e. The number of anilines is 2. The summed E-state index contributed by atoms with van der Waals surface area (Å²) in [6.45, 7) is 0. The van der Waals surface area contributed by atoms with Crippen molar-refractivity contribution in [2.75, 3.05) is 17.7 Å². The van der Waals surface area contributed by atoms with E-state index in [2.05, 4.69) is 20.6 Å². The normalized spacial score (nSPS) is 15.8. The number of carbonyl (C=O) groups is 1. The van der Waals surface area contributed by atoms with Crippen molar-refractivity contribution in [3.8, 4) is 0 Å². The molecule has 0 unspecified atom stereocenters. The van der Waals surface area contributed by atoms with E-state index in [1.165, 1.54) is 19.0 Å². The predicted molar refractivity (Wildman–Crippen MR) is 66.0 cm³/mol. The summed E-state index contributed by atoms with van der Waals surface area (Å²) in [4.78, 5) is 19.5. The van der Waals surface area contributed by atoms with Gasteiger partial charge in [0, 0.05) is 19.3 Å². The Morgan fingerprint density at radius 3 is 2.76 bits per heavy atom. The first-order valence-corrected chi connectivity index (χ1v) is 5.82. The van der Waals surface area contributed by atoms with Gasteiger partial charge >= 0.3 is 0 Å². The summed E-state index contributed by atoms with van der Waals surface area (Å²) >= 11 is 0. The van der Waals surface area contributed by atoms with Gasteiger partial charge in [-0.25, -0.2) is 4.98 Å². The first-order chi connectivity index (χ1) is 8.20. The molecule has 1 aliphatic rings. The Balaban J connectivity index is 2.24. The molecule has 0 saturated heterocycles. The van der Waals surface area contributed by atoms with Gasteiger partial charge < -0.3 is 16.4 Å². The van der Waals surface area contributed by atoms with Crippen molar-refractivity contribution in [1.82, 2.24) is 9.97 Å². The van der Waals surface area contributed by atoms with Crippen LogP contribution in [0.2, 0.25) is 0 Å². The van der Waals surface area contributed by atoms with E-state index >= 15 is 0 Å². The number of nitrogens with one attached hydrogen (secondary N) is 2. The van der Waals surface area contributed by atoms with Crippen molar-refractivity contribution < 1.29 is 4.79 Å². The third-order valence-electron chi connectivity index (χ3n) is 2.97. The zero-order valence-corrected chi connectivity index (χ0v) is 9.86. The average molecular weight is 235 g/mol. The second-order valence-electron chi connectivity index (χ2n) is 4.20. The van der Waals surface area contributed by atoms with Gasteiger partial charge in [0.25, 0.3) is 5.91 Å². The number of amides is 1. The van der Waals surface area contributed by atoms with Crippen LogP contribution in [0.3, 0.4) is 0 Å². The highest BCUT2D eigenvalue weighted by Gasteiger charge is 2.19. The van der Waals surface area contributed by atoms with E-state index in [0.29, 0.717) is 23.4 Å². The van der Waals surface area contributed by atoms with Crippen LogP contribution in [-0.2, 0) is 0 Å². The standard InChI is InChI=1S/C11H17N5O/c1-13-11-14-6-8(9(12)17)10(16-11)15-7-4-2-3-5-7/h6-7H,2-5H2,1H3,(H2,12,17)(H2,13,14,15,16). The molecule has 17 heavy (non-hydrogen) atoms. The molecule has 0 atom stereocenters. The molecule has 6 heteroatoms. The minimum atomic E-state index is -0.506. The summed E-state index contributed by atoms with van der Waals surface area (Å²) in [6, 6.07) is 0.382. The maximum absolute atomic E-state index is 11.3. The van der Waals surface area contributed by atoms with E-state index in [1.807, 2.05) is 0 Å². The number of carbonyl (C=O) groups excluding carboxylic acids is 1. The molecule has 4 N–H and O–H groups in total. The van der Waals surface area contributed by atoms with E-state index in [4.69, 9.17) is 5.73 Å². The van der Waals surface area contributed by atoms with Crippen molar-refractivity contribution >= 4 is 17.7 Å². The second-order valence-corrected chi connectivity index (χ2v) is 4.20. The first kappa shape index (κ1) is 11.6. The fourth-order valence-electron chi connectivity index (χ4n) is 2.06. The Hall–Kier alpha value is -1.85. The molecule has 0 spiro atoms. The maximum Gasteiger partial charge on any atom is 0.254 e. The molecule has 0 radical (unpaired) electrons. The van der Waals surface area contributed by atoms with Crippen molar-refractivity contribution in [2.24, 2.45) is 5.73 Å². The van der Waals surface area contributed by atoms with Gasteiger partial charge in [0.2, 0.25) is 5.95 Å². The molecule has 92 valence electrons. The average Bonchev–Trinajstić information content (AvgIpc) is 2.81. The zero-order chi connectivity index (χ0) is 12.3. The third kappa shape index (κ3) is 2.64. The van der Waals surface area contributed by atoms with Crippen LogP contribution in [0.15, 0.2) is 6.20 Å². The number of hydrogen-bond acceptors (Lipinski definition) is 5. The van der Waals surface area contributed by atoms with Gasteiger partial charge in [-0.3, -0.25) is 4.79 Å². The van der Waals surface area contributed by atoms with Crippen LogP contribution in [0.1, 0.15) is 36.0 Å². The van der Waals surface area contributed by atoms with Crippen LogP contribution < -0.4 is 16.4 Å². The highest BCUT2D eigenvalue weighted by Crippen LogP contribution is 2.23. The Labute approximate surface area is 100 Å². The lowest BCUT2D eigenvalue weighted by Gasteiger charge is -2.15. The molecular formula is C11H17N5O. The quantitative estimate of drug-likeness (QED) is 0.723. The molecule has 1 fully saturated rings. The first-order valence-electron chi connectivity index (χ1n) is 5.82. The summed E-state index contributed by atoms with van der Waals surface area (Å²) in [6.07, 6.45) is 6.10. The van der Waals surface area contributed by atoms with Gasteiger partial charge in [0.15, 0.2) is 0 Å². The summed E-state index contributed by atoms with van der Waals surface area (Å²) in [5.74, 6) is 0.507. The van der Waals surface area contributed by atoms with Crippen molar-refractivity contribution in [2.45, 2.75) is 31.7 Å². The maximum atomic E-state index is 11.3. The van der Waals surface area contributed by atoms with E-state index in [9.17, 15) is 4.79 Å². The number of hydrogen-bond donors (Lipinski definition) is 3. The second kappa shape index (κ2) is 4.99. The van der Waals surface area contributed by atoms with Crippen LogP contribution in [0.4, 0.5) is 11.8 Å². The third-order valence-corrected chi connectivity index (χ3v) is 2.97. The minimum absolute atomic E-state index is 0.343. The number of nitrogens with two attached hydrogens (primary N) is 1.